The molecule has 0 fully saturated rings. The summed E-state index contributed by atoms with van der Waals surface area (Å²) in [4.78, 5) is 11.4. The number of methoxy groups -OCH3 is 1. The molecule has 3 nitrogen and oxygen atoms in total. The first-order valence-electron chi connectivity index (χ1n) is 4.80. The summed E-state index contributed by atoms with van der Waals surface area (Å²) >= 11 is 5.47. The third-order valence-corrected chi connectivity index (χ3v) is 2.06. The van der Waals surface area contributed by atoms with Crippen molar-refractivity contribution < 1.29 is 14.3 Å². The number of hydrogen-bond acceptors (Lipinski definition) is 3. The van der Waals surface area contributed by atoms with Gasteiger partial charge in [0.2, 0.25) is 0 Å². The van der Waals surface area contributed by atoms with Crippen molar-refractivity contribution in [2.45, 2.75) is 0 Å². The predicted molar refractivity (Wildman–Crippen MR) is 63.1 cm³/mol. The molecule has 1 aromatic carbocycles. The molecule has 86 valence electrons. The summed E-state index contributed by atoms with van der Waals surface area (Å²) in [5.41, 5.74) is 0.421. The van der Waals surface area contributed by atoms with Crippen molar-refractivity contribution in [1.82, 2.24) is 0 Å². The maximum atomic E-state index is 11.4. The Morgan fingerprint density at radius 3 is 2.81 bits per heavy atom. The third-order valence-electron chi connectivity index (χ3n) is 1.88. The van der Waals surface area contributed by atoms with Gasteiger partial charge in [-0.05, 0) is 12.1 Å². The second kappa shape index (κ2) is 6.90. The van der Waals surface area contributed by atoms with E-state index in [4.69, 9.17) is 16.3 Å². The van der Waals surface area contributed by atoms with Gasteiger partial charge in [-0.15, -0.1) is 11.6 Å². The van der Waals surface area contributed by atoms with Crippen molar-refractivity contribution in [3.05, 3.63) is 42.0 Å². The Bertz CT molecular complexity index is 374. The lowest BCUT2D eigenvalue weighted by molar-refractivity contribution is 0.0596. The zero-order valence-corrected chi connectivity index (χ0v) is 9.74. The lowest BCUT2D eigenvalue weighted by atomic mass is 10.2. The van der Waals surface area contributed by atoms with Crippen LogP contribution in [0.4, 0.5) is 0 Å². The number of hydrogen-bond donors (Lipinski definition) is 0. The van der Waals surface area contributed by atoms with E-state index in [0.29, 0.717) is 23.8 Å². The smallest absolute Gasteiger partial charge is 0.341 e. The summed E-state index contributed by atoms with van der Waals surface area (Å²) in [6.45, 7) is 0.376. The van der Waals surface area contributed by atoms with Crippen LogP contribution in [0.5, 0.6) is 5.75 Å². The van der Waals surface area contributed by atoms with E-state index in [1.807, 2.05) is 0 Å². The fourth-order valence-corrected chi connectivity index (χ4v) is 1.27. The Labute approximate surface area is 99.6 Å². The highest BCUT2D eigenvalue weighted by atomic mass is 35.5. The molecule has 1 rings (SSSR count). The van der Waals surface area contributed by atoms with Crippen LogP contribution in [0.15, 0.2) is 36.4 Å². The molecule has 0 aliphatic carbocycles. The van der Waals surface area contributed by atoms with Crippen molar-refractivity contribution in [1.29, 1.82) is 0 Å². The molecule has 0 N–H and O–H groups in total. The number of carbonyl (C=O) groups excluding carboxylic acids is 1. The summed E-state index contributed by atoms with van der Waals surface area (Å²) < 4.78 is 10.1. The minimum Gasteiger partial charge on any atom is -0.489 e. The van der Waals surface area contributed by atoms with Crippen LogP contribution in [-0.2, 0) is 4.74 Å². The van der Waals surface area contributed by atoms with Crippen LogP contribution in [0.2, 0.25) is 0 Å². The van der Waals surface area contributed by atoms with Gasteiger partial charge in [0.25, 0.3) is 0 Å². The van der Waals surface area contributed by atoms with Crippen molar-refractivity contribution >= 4 is 17.6 Å². The zero-order chi connectivity index (χ0) is 11.8. The van der Waals surface area contributed by atoms with E-state index < -0.39 is 5.97 Å². The molecule has 0 heterocycles. The molecule has 0 radical (unpaired) electrons. The molecule has 0 saturated heterocycles. The molecule has 0 aromatic heterocycles. The van der Waals surface area contributed by atoms with Crippen molar-refractivity contribution in [3.63, 3.8) is 0 Å². The molecule has 16 heavy (non-hydrogen) atoms. The van der Waals surface area contributed by atoms with Crippen molar-refractivity contribution in [2.24, 2.45) is 0 Å². The minimum atomic E-state index is -0.406. The van der Waals surface area contributed by atoms with Gasteiger partial charge < -0.3 is 9.47 Å². The van der Waals surface area contributed by atoms with Gasteiger partial charge in [0, 0.05) is 5.88 Å². The minimum absolute atomic E-state index is 0.376. The molecule has 0 amide bonds. The highest BCUT2D eigenvalue weighted by Gasteiger charge is 2.11. The van der Waals surface area contributed by atoms with Crippen LogP contribution < -0.4 is 4.74 Å². The van der Waals surface area contributed by atoms with E-state index in [2.05, 4.69) is 4.74 Å². The molecule has 0 aliphatic heterocycles. The molecule has 0 bridgehead atoms. The van der Waals surface area contributed by atoms with Crippen LogP contribution in [-0.4, -0.2) is 25.6 Å². The summed E-state index contributed by atoms with van der Waals surface area (Å²) in [7, 11) is 1.34. The number of alkyl halides is 1. The van der Waals surface area contributed by atoms with Gasteiger partial charge in [0.1, 0.15) is 17.9 Å². The first-order valence-corrected chi connectivity index (χ1v) is 5.34. The second-order valence-electron chi connectivity index (χ2n) is 2.92. The van der Waals surface area contributed by atoms with E-state index >= 15 is 0 Å². The average molecular weight is 241 g/mol. The Balaban J connectivity index is 2.71. The lowest BCUT2D eigenvalue weighted by Gasteiger charge is -2.07. The quantitative estimate of drug-likeness (QED) is 0.451. The number of benzene rings is 1. The SMILES string of the molecule is COC(=O)c1ccccc1OCC=CCCl. The fraction of sp³-hybridized carbons (Fsp3) is 0.250. The molecule has 1 aromatic rings. The number of para-hydroxylation sites is 1. The molecule has 0 spiro atoms. The average Bonchev–Trinajstić information content (AvgIpc) is 2.34. The van der Waals surface area contributed by atoms with Crippen LogP contribution in [0.3, 0.4) is 0 Å². The van der Waals surface area contributed by atoms with Gasteiger partial charge in [-0.1, -0.05) is 24.3 Å². The van der Waals surface area contributed by atoms with Crippen molar-refractivity contribution in [2.75, 3.05) is 19.6 Å². The number of esters is 1. The Hall–Kier alpha value is -1.48. The topological polar surface area (TPSA) is 35.5 Å². The van der Waals surface area contributed by atoms with Crippen LogP contribution in [0.25, 0.3) is 0 Å². The maximum absolute atomic E-state index is 11.4. The third kappa shape index (κ3) is 3.59. The number of halogens is 1. The monoisotopic (exact) mass is 240 g/mol. The van der Waals surface area contributed by atoms with Crippen LogP contribution >= 0.6 is 11.6 Å². The van der Waals surface area contributed by atoms with Gasteiger partial charge in [-0.3, -0.25) is 0 Å². The Morgan fingerprint density at radius 2 is 2.12 bits per heavy atom. The Morgan fingerprint density at radius 1 is 1.38 bits per heavy atom. The number of allylic oxidation sites excluding steroid dienone is 1. The molecular weight excluding hydrogens is 228 g/mol. The normalized spacial score (nSPS) is 10.4. The van der Waals surface area contributed by atoms with Gasteiger partial charge in [-0.2, -0.15) is 0 Å². The summed E-state index contributed by atoms with van der Waals surface area (Å²) in [5, 5.41) is 0. The molecule has 4 heteroatoms. The lowest BCUT2D eigenvalue weighted by Crippen LogP contribution is -2.05. The highest BCUT2D eigenvalue weighted by Crippen LogP contribution is 2.18. The number of ether oxygens (including phenoxy) is 2. The van der Waals surface area contributed by atoms with Gasteiger partial charge in [0.15, 0.2) is 0 Å². The van der Waals surface area contributed by atoms with E-state index in [-0.39, 0.29) is 0 Å². The predicted octanol–water partition coefficient (Wildman–Crippen LogP) is 2.65. The summed E-state index contributed by atoms with van der Waals surface area (Å²) in [5.74, 6) is 0.549. The largest absolute Gasteiger partial charge is 0.489 e. The van der Waals surface area contributed by atoms with Crippen molar-refractivity contribution in [3.8, 4) is 5.75 Å². The standard InChI is InChI=1S/C12H13ClO3/c1-15-12(14)10-6-2-3-7-11(10)16-9-5-4-8-13/h2-7H,8-9H2,1H3. The van der Waals surface area contributed by atoms with E-state index in [1.54, 1.807) is 36.4 Å². The molecule has 0 aliphatic rings. The van der Waals surface area contributed by atoms with E-state index in [9.17, 15) is 4.79 Å². The highest BCUT2D eigenvalue weighted by molar-refractivity contribution is 6.18. The molecule has 0 saturated carbocycles. The van der Waals surface area contributed by atoms with Gasteiger partial charge in [-0.25, -0.2) is 4.79 Å². The van der Waals surface area contributed by atoms with E-state index in [0.717, 1.165) is 0 Å². The Kier molecular flexibility index (Phi) is 5.43. The first-order chi connectivity index (χ1) is 7.79. The fourth-order valence-electron chi connectivity index (χ4n) is 1.14. The zero-order valence-electron chi connectivity index (χ0n) is 8.98. The molecular formula is C12H13ClO3. The van der Waals surface area contributed by atoms with Crippen LogP contribution in [0, 0.1) is 0 Å². The van der Waals surface area contributed by atoms with E-state index in [1.165, 1.54) is 7.11 Å². The summed E-state index contributed by atoms with van der Waals surface area (Å²) in [6.07, 6.45) is 3.57. The van der Waals surface area contributed by atoms with Crippen LogP contribution in [0.1, 0.15) is 10.4 Å². The molecule has 0 atom stereocenters. The van der Waals surface area contributed by atoms with Gasteiger partial charge in [0.05, 0.1) is 7.11 Å². The molecule has 0 unspecified atom stereocenters. The first kappa shape index (κ1) is 12.6. The summed E-state index contributed by atoms with van der Waals surface area (Å²) in [6, 6.07) is 6.94. The number of rotatable bonds is 5. The second-order valence-corrected chi connectivity index (χ2v) is 3.23. The maximum Gasteiger partial charge on any atom is 0.341 e. The van der Waals surface area contributed by atoms with Gasteiger partial charge >= 0.3 is 5.97 Å². The number of carbonyl (C=O) groups is 1.